The minimum absolute atomic E-state index is 0.237. The van der Waals surface area contributed by atoms with Gasteiger partial charge in [-0.25, -0.2) is 9.97 Å². The lowest BCUT2D eigenvalue weighted by molar-refractivity contribution is -0.119. The SMILES string of the molecule is CCCC(=O)C[C@@H]1CCC2=C1c1c(ncnc1OC1CCC(N(C)C)CC1)C2. The second-order valence-electron chi connectivity index (χ2n) is 8.93. The molecule has 28 heavy (non-hydrogen) atoms. The van der Waals surface area contributed by atoms with Crippen LogP contribution in [0.4, 0.5) is 0 Å². The first-order chi connectivity index (χ1) is 13.6. The number of carbonyl (C=O) groups excluding carboxylic acids is 1. The van der Waals surface area contributed by atoms with Gasteiger partial charge in [-0.2, -0.15) is 0 Å². The summed E-state index contributed by atoms with van der Waals surface area (Å²) in [5, 5.41) is 0. The number of rotatable bonds is 7. The van der Waals surface area contributed by atoms with E-state index in [1.165, 1.54) is 24.0 Å². The van der Waals surface area contributed by atoms with Gasteiger partial charge in [-0.3, -0.25) is 4.79 Å². The van der Waals surface area contributed by atoms with Gasteiger partial charge in [0.25, 0.3) is 0 Å². The van der Waals surface area contributed by atoms with Gasteiger partial charge < -0.3 is 9.64 Å². The smallest absolute Gasteiger partial charge is 0.224 e. The van der Waals surface area contributed by atoms with Crippen molar-refractivity contribution < 1.29 is 9.53 Å². The van der Waals surface area contributed by atoms with E-state index in [0.717, 1.165) is 55.7 Å². The van der Waals surface area contributed by atoms with Crippen LogP contribution in [-0.4, -0.2) is 46.9 Å². The predicted molar refractivity (Wildman–Crippen MR) is 110 cm³/mol. The number of allylic oxidation sites excluding steroid dienone is 2. The minimum atomic E-state index is 0.237. The zero-order valence-corrected chi connectivity index (χ0v) is 17.5. The molecule has 0 unspecified atom stereocenters. The van der Waals surface area contributed by atoms with E-state index in [9.17, 15) is 4.79 Å². The Hall–Kier alpha value is -1.75. The third kappa shape index (κ3) is 3.86. The lowest BCUT2D eigenvalue weighted by Crippen LogP contribution is -2.35. The van der Waals surface area contributed by atoms with Gasteiger partial charge in [0, 0.05) is 25.3 Å². The maximum Gasteiger partial charge on any atom is 0.224 e. The van der Waals surface area contributed by atoms with E-state index in [1.54, 1.807) is 6.33 Å². The number of hydrogen-bond acceptors (Lipinski definition) is 5. The molecule has 0 bridgehead atoms. The molecule has 0 N–H and O–H groups in total. The van der Waals surface area contributed by atoms with E-state index < -0.39 is 0 Å². The van der Waals surface area contributed by atoms with Gasteiger partial charge in [0.15, 0.2) is 0 Å². The van der Waals surface area contributed by atoms with Gasteiger partial charge >= 0.3 is 0 Å². The van der Waals surface area contributed by atoms with Gasteiger partial charge in [0.1, 0.15) is 18.2 Å². The second kappa shape index (κ2) is 8.32. The molecule has 0 saturated heterocycles. The Morgan fingerprint density at radius 2 is 1.96 bits per heavy atom. The van der Waals surface area contributed by atoms with Crippen molar-refractivity contribution in [3.63, 3.8) is 0 Å². The standard InChI is InChI=1S/C23H33N3O2/c1-4-5-18(27)12-15-6-7-16-13-20-22(21(15)16)23(25-14-24-20)28-19-10-8-17(9-11-19)26(2)3/h14-15,17,19H,4-13H2,1-3H3/t15-,17?,19?/m0/s1. The second-order valence-corrected chi connectivity index (χ2v) is 8.93. The van der Waals surface area contributed by atoms with Crippen molar-refractivity contribution in [2.24, 2.45) is 5.92 Å². The molecule has 3 aliphatic carbocycles. The third-order valence-electron chi connectivity index (χ3n) is 6.78. The quantitative estimate of drug-likeness (QED) is 0.706. The Morgan fingerprint density at radius 3 is 2.68 bits per heavy atom. The van der Waals surface area contributed by atoms with Crippen LogP contribution < -0.4 is 4.74 Å². The van der Waals surface area contributed by atoms with E-state index >= 15 is 0 Å². The summed E-state index contributed by atoms with van der Waals surface area (Å²) < 4.78 is 6.45. The number of fused-ring (bicyclic) bond motifs is 2. The number of Topliss-reactive ketones (excluding diaryl/α,β-unsaturated/α-hetero) is 1. The Labute approximate surface area is 168 Å². The zero-order valence-electron chi connectivity index (χ0n) is 17.5. The highest BCUT2D eigenvalue weighted by atomic mass is 16.5. The van der Waals surface area contributed by atoms with Crippen molar-refractivity contribution in [2.45, 2.75) is 83.3 Å². The van der Waals surface area contributed by atoms with Crippen LogP contribution >= 0.6 is 0 Å². The van der Waals surface area contributed by atoms with Crippen LogP contribution in [0.3, 0.4) is 0 Å². The Morgan fingerprint density at radius 1 is 1.18 bits per heavy atom. The van der Waals surface area contributed by atoms with Crippen LogP contribution in [0, 0.1) is 5.92 Å². The van der Waals surface area contributed by atoms with Gasteiger partial charge in [0.05, 0.1) is 11.3 Å². The summed E-state index contributed by atoms with van der Waals surface area (Å²) in [6, 6.07) is 0.661. The van der Waals surface area contributed by atoms with Crippen LogP contribution in [0.1, 0.15) is 76.0 Å². The molecule has 4 rings (SSSR count). The molecule has 0 amide bonds. The first-order valence-electron chi connectivity index (χ1n) is 11.0. The number of ketones is 1. The predicted octanol–water partition coefficient (Wildman–Crippen LogP) is 4.21. The van der Waals surface area contributed by atoms with E-state index in [1.807, 2.05) is 0 Å². The van der Waals surface area contributed by atoms with Gasteiger partial charge in [-0.15, -0.1) is 0 Å². The maximum atomic E-state index is 12.3. The minimum Gasteiger partial charge on any atom is -0.474 e. The first kappa shape index (κ1) is 19.6. The van der Waals surface area contributed by atoms with E-state index in [4.69, 9.17) is 4.74 Å². The lowest BCUT2D eigenvalue weighted by atomic mass is 9.90. The highest BCUT2D eigenvalue weighted by molar-refractivity contribution is 5.86. The number of nitrogens with zero attached hydrogens (tertiary/aromatic N) is 3. The molecule has 1 heterocycles. The van der Waals surface area contributed by atoms with Gasteiger partial charge in [-0.1, -0.05) is 12.5 Å². The summed E-state index contributed by atoms with van der Waals surface area (Å²) in [5.74, 6) is 1.47. The summed E-state index contributed by atoms with van der Waals surface area (Å²) in [6.07, 6.45) is 11.8. The molecule has 152 valence electrons. The zero-order chi connectivity index (χ0) is 19.7. The van der Waals surface area contributed by atoms with Crippen molar-refractivity contribution in [1.29, 1.82) is 0 Å². The topological polar surface area (TPSA) is 55.3 Å². The Bertz CT molecular complexity index is 763. The lowest BCUT2D eigenvalue weighted by Gasteiger charge is -2.32. The molecule has 0 radical (unpaired) electrons. The molecule has 3 aliphatic rings. The molecular weight excluding hydrogens is 350 g/mol. The van der Waals surface area contributed by atoms with Crippen molar-refractivity contribution in [1.82, 2.24) is 14.9 Å². The normalized spacial score (nSPS) is 26.5. The Kier molecular flexibility index (Phi) is 5.81. The average Bonchev–Trinajstić information content (AvgIpc) is 3.22. The van der Waals surface area contributed by atoms with Crippen LogP contribution in [0.25, 0.3) is 5.57 Å². The van der Waals surface area contributed by atoms with Crippen LogP contribution in [0.15, 0.2) is 11.9 Å². The molecule has 1 aromatic heterocycles. The molecule has 1 atom stereocenters. The molecule has 1 fully saturated rings. The fourth-order valence-electron chi connectivity index (χ4n) is 5.28. The largest absolute Gasteiger partial charge is 0.474 e. The molecular formula is C23H33N3O2. The fraction of sp³-hybridized carbons (Fsp3) is 0.696. The third-order valence-corrected chi connectivity index (χ3v) is 6.78. The fourth-order valence-corrected chi connectivity index (χ4v) is 5.28. The average molecular weight is 384 g/mol. The first-order valence-corrected chi connectivity index (χ1v) is 11.0. The summed E-state index contributed by atoms with van der Waals surface area (Å²) in [5.41, 5.74) is 5.03. The number of hydrogen-bond donors (Lipinski definition) is 0. The van der Waals surface area contributed by atoms with Gasteiger partial charge in [-0.05, 0) is 70.5 Å². The maximum absolute atomic E-state index is 12.3. The molecule has 1 aromatic rings. The number of carbonyl (C=O) groups is 1. The molecule has 1 saturated carbocycles. The van der Waals surface area contributed by atoms with Crippen LogP contribution in [0.2, 0.25) is 0 Å². The Balaban J connectivity index is 1.51. The molecule has 5 nitrogen and oxygen atoms in total. The monoisotopic (exact) mass is 383 g/mol. The molecule has 0 aliphatic heterocycles. The number of ether oxygens (including phenoxy) is 1. The van der Waals surface area contributed by atoms with Crippen LogP contribution in [0.5, 0.6) is 5.88 Å². The summed E-state index contributed by atoms with van der Waals surface area (Å²) >= 11 is 0. The van der Waals surface area contributed by atoms with E-state index in [0.29, 0.717) is 30.6 Å². The molecule has 0 spiro atoms. The highest BCUT2D eigenvalue weighted by Gasteiger charge is 2.37. The highest BCUT2D eigenvalue weighted by Crippen LogP contribution is 2.50. The van der Waals surface area contributed by atoms with Crippen molar-refractivity contribution in [2.75, 3.05) is 14.1 Å². The van der Waals surface area contributed by atoms with Gasteiger partial charge in [0.2, 0.25) is 5.88 Å². The van der Waals surface area contributed by atoms with Crippen molar-refractivity contribution >= 4 is 11.4 Å². The van der Waals surface area contributed by atoms with Crippen molar-refractivity contribution in [3.8, 4) is 5.88 Å². The summed E-state index contributed by atoms with van der Waals surface area (Å²) in [4.78, 5) is 23.7. The number of aromatic nitrogens is 2. The van der Waals surface area contributed by atoms with Crippen LogP contribution in [-0.2, 0) is 11.2 Å². The van der Waals surface area contributed by atoms with E-state index in [2.05, 4.69) is 35.9 Å². The van der Waals surface area contributed by atoms with E-state index in [-0.39, 0.29) is 6.10 Å². The summed E-state index contributed by atoms with van der Waals surface area (Å²) in [7, 11) is 4.33. The van der Waals surface area contributed by atoms with Crippen molar-refractivity contribution in [3.05, 3.63) is 23.2 Å². The molecule has 0 aromatic carbocycles. The summed E-state index contributed by atoms with van der Waals surface area (Å²) in [6.45, 7) is 2.08. The molecule has 5 heteroatoms.